The fraction of sp³-hybridized carbons (Fsp3) is 1.00. The van der Waals surface area contributed by atoms with Crippen LogP contribution in [0.5, 0.6) is 0 Å². The Kier molecular flexibility index (Phi) is 9.28. The Bertz CT molecular complexity index is 156. The van der Waals surface area contributed by atoms with E-state index >= 15 is 0 Å². The van der Waals surface area contributed by atoms with Gasteiger partial charge in [0.1, 0.15) is 0 Å². The molecule has 3 heteroatoms. The molecule has 0 atom stereocenters. The van der Waals surface area contributed by atoms with Crippen molar-refractivity contribution >= 4 is 8.56 Å². The second-order valence-corrected chi connectivity index (χ2v) is 8.70. The number of hydrogen-bond donors (Lipinski definition) is 0. The molecule has 0 aromatic rings. The molecule has 0 spiro atoms. The topological polar surface area (TPSA) is 18.5 Å². The maximum absolute atomic E-state index is 5.73. The highest BCUT2D eigenvalue weighted by Crippen LogP contribution is 2.25. The average molecular weight is 246 g/mol. The molecule has 16 heavy (non-hydrogen) atoms. The van der Waals surface area contributed by atoms with Crippen LogP contribution in [0.3, 0.4) is 0 Å². The van der Waals surface area contributed by atoms with Crippen LogP contribution in [0.25, 0.3) is 0 Å². The lowest BCUT2D eigenvalue weighted by Crippen LogP contribution is -2.40. The highest BCUT2D eigenvalue weighted by atomic mass is 28.4. The highest BCUT2D eigenvalue weighted by molar-refractivity contribution is 6.67. The van der Waals surface area contributed by atoms with Crippen molar-refractivity contribution < 1.29 is 8.85 Å². The summed E-state index contributed by atoms with van der Waals surface area (Å²) in [5, 5.41) is 0. The van der Waals surface area contributed by atoms with E-state index in [4.69, 9.17) is 8.85 Å². The fourth-order valence-corrected chi connectivity index (χ4v) is 4.99. The minimum atomic E-state index is -1.86. The summed E-state index contributed by atoms with van der Waals surface area (Å²) in [6, 6.07) is 2.30. The van der Waals surface area contributed by atoms with Gasteiger partial charge >= 0.3 is 8.56 Å². The summed E-state index contributed by atoms with van der Waals surface area (Å²) in [4.78, 5) is 0. The molecule has 0 aromatic carbocycles. The third kappa shape index (κ3) is 6.66. The maximum atomic E-state index is 5.73. The van der Waals surface area contributed by atoms with E-state index in [1.807, 2.05) is 14.2 Å². The molecule has 0 aliphatic carbocycles. The Labute approximate surface area is 103 Å². The molecule has 98 valence electrons. The van der Waals surface area contributed by atoms with Crippen molar-refractivity contribution in [2.24, 2.45) is 5.92 Å². The van der Waals surface area contributed by atoms with E-state index in [0.29, 0.717) is 0 Å². The Morgan fingerprint density at radius 2 is 1.56 bits per heavy atom. The quantitative estimate of drug-likeness (QED) is 0.421. The molecular formula is C13H30O2Si. The summed E-state index contributed by atoms with van der Waals surface area (Å²) in [5.74, 6) is 0.743. The van der Waals surface area contributed by atoms with Crippen LogP contribution in [-0.4, -0.2) is 22.8 Å². The van der Waals surface area contributed by atoms with E-state index in [2.05, 4.69) is 20.8 Å². The van der Waals surface area contributed by atoms with Gasteiger partial charge in [-0.05, 0) is 24.4 Å². The molecule has 0 saturated heterocycles. The molecule has 0 unspecified atom stereocenters. The summed E-state index contributed by atoms with van der Waals surface area (Å²) in [5.41, 5.74) is 0. The van der Waals surface area contributed by atoms with Crippen molar-refractivity contribution in [2.75, 3.05) is 14.2 Å². The molecule has 0 bridgehead atoms. The molecule has 0 aliphatic heterocycles. The maximum Gasteiger partial charge on any atom is 0.337 e. The van der Waals surface area contributed by atoms with Gasteiger partial charge in [0.2, 0.25) is 0 Å². The Hall–Kier alpha value is 0.137. The van der Waals surface area contributed by atoms with Gasteiger partial charge in [-0.25, -0.2) is 0 Å². The van der Waals surface area contributed by atoms with Crippen molar-refractivity contribution in [3.05, 3.63) is 0 Å². The zero-order valence-corrected chi connectivity index (χ0v) is 12.8. The lowest BCUT2D eigenvalue weighted by Gasteiger charge is -2.28. The third-order valence-electron chi connectivity index (χ3n) is 3.26. The second-order valence-electron chi connectivity index (χ2n) is 5.06. The second kappa shape index (κ2) is 9.20. The van der Waals surface area contributed by atoms with Crippen LogP contribution >= 0.6 is 0 Å². The van der Waals surface area contributed by atoms with Gasteiger partial charge < -0.3 is 8.85 Å². The zero-order valence-electron chi connectivity index (χ0n) is 11.8. The molecule has 0 amide bonds. The van der Waals surface area contributed by atoms with E-state index in [1.54, 1.807) is 0 Å². The van der Waals surface area contributed by atoms with E-state index in [-0.39, 0.29) is 0 Å². The van der Waals surface area contributed by atoms with Crippen molar-refractivity contribution in [2.45, 2.75) is 65.0 Å². The summed E-state index contributed by atoms with van der Waals surface area (Å²) in [7, 11) is 1.80. The number of hydrogen-bond acceptors (Lipinski definition) is 2. The van der Waals surface area contributed by atoms with Crippen molar-refractivity contribution in [3.63, 3.8) is 0 Å². The first kappa shape index (κ1) is 16.1. The van der Waals surface area contributed by atoms with Crippen LogP contribution in [0, 0.1) is 5.92 Å². The van der Waals surface area contributed by atoms with Gasteiger partial charge in [0.05, 0.1) is 0 Å². The molecule has 0 aromatic heterocycles. The number of unbranched alkanes of at least 4 members (excludes halogenated alkanes) is 3. The molecule has 0 fully saturated rings. The predicted octanol–water partition coefficient (Wildman–Crippen LogP) is 4.35. The molecule has 2 nitrogen and oxygen atoms in total. The van der Waals surface area contributed by atoms with Crippen LogP contribution in [-0.2, 0) is 8.85 Å². The van der Waals surface area contributed by atoms with Crippen LogP contribution in [0.4, 0.5) is 0 Å². The first-order valence-electron chi connectivity index (χ1n) is 6.70. The van der Waals surface area contributed by atoms with E-state index in [1.165, 1.54) is 32.1 Å². The molecule has 0 rings (SSSR count). The SMILES string of the molecule is CCCCCC[Si](CCC(C)C)(OC)OC. The number of rotatable bonds is 10. The van der Waals surface area contributed by atoms with E-state index in [0.717, 1.165) is 18.0 Å². The first-order valence-corrected chi connectivity index (χ1v) is 8.93. The molecule has 0 radical (unpaired) electrons. The van der Waals surface area contributed by atoms with Gasteiger partial charge in [0, 0.05) is 14.2 Å². The Morgan fingerprint density at radius 3 is 2.00 bits per heavy atom. The molecule has 0 heterocycles. The van der Waals surface area contributed by atoms with Gasteiger partial charge in [-0.2, -0.15) is 0 Å². The van der Waals surface area contributed by atoms with E-state index in [9.17, 15) is 0 Å². The van der Waals surface area contributed by atoms with Crippen LogP contribution < -0.4 is 0 Å². The third-order valence-corrected chi connectivity index (χ3v) is 6.91. The summed E-state index contributed by atoms with van der Waals surface area (Å²) in [6.45, 7) is 6.78. The summed E-state index contributed by atoms with van der Waals surface area (Å²) in [6.07, 6.45) is 6.43. The zero-order chi connectivity index (χ0) is 12.4. The van der Waals surface area contributed by atoms with Crippen molar-refractivity contribution in [1.82, 2.24) is 0 Å². The fourth-order valence-electron chi connectivity index (χ4n) is 1.95. The highest BCUT2D eigenvalue weighted by Gasteiger charge is 2.34. The van der Waals surface area contributed by atoms with Gasteiger partial charge in [0.15, 0.2) is 0 Å². The molecular weight excluding hydrogens is 216 g/mol. The van der Waals surface area contributed by atoms with Crippen LogP contribution in [0.15, 0.2) is 0 Å². The summed E-state index contributed by atoms with van der Waals surface area (Å²) >= 11 is 0. The van der Waals surface area contributed by atoms with Crippen molar-refractivity contribution in [3.8, 4) is 0 Å². The van der Waals surface area contributed by atoms with Gasteiger partial charge in [0.25, 0.3) is 0 Å². The smallest absolute Gasteiger partial charge is 0.337 e. The van der Waals surface area contributed by atoms with E-state index < -0.39 is 8.56 Å². The lowest BCUT2D eigenvalue weighted by atomic mass is 10.2. The molecule has 0 saturated carbocycles. The minimum Gasteiger partial charge on any atom is -0.398 e. The van der Waals surface area contributed by atoms with Crippen LogP contribution in [0.2, 0.25) is 12.1 Å². The predicted molar refractivity (Wildman–Crippen MR) is 73.0 cm³/mol. The lowest BCUT2D eigenvalue weighted by molar-refractivity contribution is 0.236. The Morgan fingerprint density at radius 1 is 0.938 bits per heavy atom. The average Bonchev–Trinajstić information content (AvgIpc) is 2.29. The first-order chi connectivity index (χ1) is 7.60. The standard InChI is InChI=1S/C13H30O2Si/c1-6-7-8-9-11-16(14-4,15-5)12-10-13(2)3/h13H,6-12H2,1-5H3. The van der Waals surface area contributed by atoms with Crippen LogP contribution in [0.1, 0.15) is 52.9 Å². The van der Waals surface area contributed by atoms with Gasteiger partial charge in [-0.1, -0.05) is 46.5 Å². The summed E-state index contributed by atoms with van der Waals surface area (Å²) < 4.78 is 11.5. The molecule has 0 aliphatic rings. The van der Waals surface area contributed by atoms with Gasteiger partial charge in [-0.3, -0.25) is 0 Å². The Balaban J connectivity index is 4.00. The van der Waals surface area contributed by atoms with Crippen molar-refractivity contribution in [1.29, 1.82) is 0 Å². The minimum absolute atomic E-state index is 0.743. The normalized spacial score (nSPS) is 12.4. The van der Waals surface area contributed by atoms with Gasteiger partial charge in [-0.15, -0.1) is 0 Å². The largest absolute Gasteiger partial charge is 0.398 e. The molecule has 0 N–H and O–H groups in total. The monoisotopic (exact) mass is 246 g/mol.